The van der Waals surface area contributed by atoms with Gasteiger partial charge < -0.3 is 35.6 Å². The molecule has 0 bridgehead atoms. The van der Waals surface area contributed by atoms with Crippen LogP contribution in [0.25, 0.3) is 0 Å². The Morgan fingerprint density at radius 2 is 1.69 bits per heavy atom. The summed E-state index contributed by atoms with van der Waals surface area (Å²) in [5.74, 6) is -3.06. The molecule has 2 unspecified atom stereocenters. The molecule has 6 N–H and O–H groups in total. The average Bonchev–Trinajstić information content (AvgIpc) is 2.82. The van der Waals surface area contributed by atoms with Crippen LogP contribution in [0, 0.1) is 0 Å². The third kappa shape index (κ3) is 3.56. The molecule has 6 atom stereocenters. The highest BCUT2D eigenvalue weighted by Gasteiger charge is 2.49. The van der Waals surface area contributed by atoms with Gasteiger partial charge in [-0.1, -0.05) is 24.3 Å². The van der Waals surface area contributed by atoms with Crippen LogP contribution in [0.4, 0.5) is 0 Å². The van der Waals surface area contributed by atoms with Crippen LogP contribution in [0.1, 0.15) is 75.8 Å². The summed E-state index contributed by atoms with van der Waals surface area (Å²) in [6.45, 7) is 2.80. The molecule has 3 aliphatic rings. The van der Waals surface area contributed by atoms with Crippen LogP contribution in [-0.2, 0) is 20.7 Å². The second-order valence-electron chi connectivity index (χ2n) is 9.80. The normalized spacial score (nSPS) is 31.4. The van der Waals surface area contributed by atoms with E-state index in [1.165, 1.54) is 19.1 Å². The van der Waals surface area contributed by atoms with Gasteiger partial charge in [0.05, 0.1) is 29.4 Å². The Labute approximate surface area is 206 Å². The highest BCUT2D eigenvalue weighted by molar-refractivity contribution is 6.30. The molecule has 0 radical (unpaired) electrons. The molecule has 0 spiro atoms. The second kappa shape index (κ2) is 8.46. The van der Waals surface area contributed by atoms with E-state index in [0.717, 1.165) is 0 Å². The van der Waals surface area contributed by atoms with Gasteiger partial charge in [0.25, 0.3) is 0 Å². The molecule has 36 heavy (non-hydrogen) atoms. The minimum Gasteiger partial charge on any atom is -0.507 e. The van der Waals surface area contributed by atoms with Crippen molar-refractivity contribution in [3.8, 4) is 11.5 Å². The molecule has 2 aliphatic carbocycles. The summed E-state index contributed by atoms with van der Waals surface area (Å²) in [5, 5.41) is 43.8. The quantitative estimate of drug-likeness (QED) is 0.328. The number of rotatable bonds is 3. The molecule has 1 heterocycles. The number of Topliss-reactive ketones (excluding diaryl/α,β-unsaturated/α-hetero) is 1. The summed E-state index contributed by atoms with van der Waals surface area (Å²) >= 11 is 0. The van der Waals surface area contributed by atoms with E-state index in [9.17, 15) is 34.8 Å². The molecule has 10 heteroatoms. The van der Waals surface area contributed by atoms with E-state index in [1.54, 1.807) is 19.1 Å². The molecule has 0 amide bonds. The van der Waals surface area contributed by atoms with E-state index < -0.39 is 71.5 Å². The molecule has 1 aliphatic heterocycles. The predicted molar refractivity (Wildman–Crippen MR) is 124 cm³/mol. The fraction of sp³-hybridized carbons (Fsp3) is 0.423. The van der Waals surface area contributed by atoms with Crippen molar-refractivity contribution in [2.45, 2.75) is 69.4 Å². The standard InChI is InChI=1S/C26H27NO9/c1-10-21(29)15(27)7-17(35-10)36-16-9-26(34,11(2)28)8-14-18(16)25(33)20-19(24(14)32)22(30)12-5-3-4-6-13(12)23(20)31/h3-6,10,15-17,21,29,32-34H,7-9,27H2,1-2H3/t10-,15-,16?,17-,21?,26-/m0/s1. The maximum atomic E-state index is 13.3. The van der Waals surface area contributed by atoms with Gasteiger partial charge in [-0.2, -0.15) is 0 Å². The first-order valence-corrected chi connectivity index (χ1v) is 11.7. The van der Waals surface area contributed by atoms with Crippen LogP contribution in [0.15, 0.2) is 24.3 Å². The van der Waals surface area contributed by atoms with Crippen molar-refractivity contribution in [3.63, 3.8) is 0 Å². The van der Waals surface area contributed by atoms with Crippen LogP contribution in [-0.4, -0.2) is 67.9 Å². The van der Waals surface area contributed by atoms with Gasteiger partial charge in [0.2, 0.25) is 0 Å². The Balaban J connectivity index is 1.66. The molecule has 1 saturated heterocycles. The van der Waals surface area contributed by atoms with Gasteiger partial charge in [0.1, 0.15) is 17.1 Å². The van der Waals surface area contributed by atoms with Gasteiger partial charge in [-0.05, 0) is 13.8 Å². The number of nitrogens with two attached hydrogens (primary N) is 1. The van der Waals surface area contributed by atoms with Crippen molar-refractivity contribution < 1.29 is 44.3 Å². The minimum absolute atomic E-state index is 0.00588. The number of phenols is 2. The lowest BCUT2D eigenvalue weighted by Gasteiger charge is -2.42. The van der Waals surface area contributed by atoms with E-state index in [2.05, 4.69) is 0 Å². The van der Waals surface area contributed by atoms with Gasteiger partial charge in [-0.25, -0.2) is 0 Å². The summed E-state index contributed by atoms with van der Waals surface area (Å²) in [7, 11) is 0. The van der Waals surface area contributed by atoms with E-state index in [4.69, 9.17) is 15.2 Å². The maximum Gasteiger partial charge on any atom is 0.198 e. The first-order chi connectivity index (χ1) is 16.9. The van der Waals surface area contributed by atoms with Crippen molar-refractivity contribution in [2.75, 3.05) is 0 Å². The van der Waals surface area contributed by atoms with E-state index in [1.807, 2.05) is 0 Å². The summed E-state index contributed by atoms with van der Waals surface area (Å²) in [6.07, 6.45) is -4.38. The fourth-order valence-corrected chi connectivity index (χ4v) is 5.42. The van der Waals surface area contributed by atoms with Crippen LogP contribution in [0.3, 0.4) is 0 Å². The van der Waals surface area contributed by atoms with E-state index >= 15 is 0 Å². The first-order valence-electron chi connectivity index (χ1n) is 11.7. The minimum atomic E-state index is -1.97. The van der Waals surface area contributed by atoms with Crippen molar-refractivity contribution in [2.24, 2.45) is 5.73 Å². The molecule has 190 valence electrons. The highest BCUT2D eigenvalue weighted by atomic mass is 16.7. The fourth-order valence-electron chi connectivity index (χ4n) is 5.42. The molecule has 0 saturated carbocycles. The van der Waals surface area contributed by atoms with Gasteiger partial charge in [-0.15, -0.1) is 0 Å². The molecule has 5 rings (SSSR count). The maximum absolute atomic E-state index is 13.3. The lowest BCUT2D eigenvalue weighted by molar-refractivity contribution is -0.247. The molecule has 1 fully saturated rings. The molecule has 0 aromatic heterocycles. The predicted octanol–water partition coefficient (Wildman–Crippen LogP) is 1.02. The number of carbonyl (C=O) groups excluding carboxylic acids is 3. The Bertz CT molecular complexity index is 1290. The SMILES string of the molecule is CC(=O)[C@]1(O)Cc2c(O)c3c(c(O)c2C(O[C@H]2C[C@H](N)C(O)[C@H](C)O2)C1)C(=O)c1ccccc1C3=O. The zero-order chi connectivity index (χ0) is 26.1. The summed E-state index contributed by atoms with van der Waals surface area (Å²) in [5.41, 5.74) is 3.38. The topological polar surface area (TPSA) is 177 Å². The van der Waals surface area contributed by atoms with Gasteiger partial charge in [-0.3, -0.25) is 14.4 Å². The van der Waals surface area contributed by atoms with Crippen LogP contribution >= 0.6 is 0 Å². The Morgan fingerprint density at radius 3 is 2.25 bits per heavy atom. The first kappa shape index (κ1) is 24.5. The Kier molecular flexibility index (Phi) is 5.77. The van der Waals surface area contributed by atoms with Crippen molar-refractivity contribution >= 4 is 17.3 Å². The summed E-state index contributed by atoms with van der Waals surface area (Å²) < 4.78 is 11.8. The van der Waals surface area contributed by atoms with Gasteiger partial charge in [0.15, 0.2) is 23.6 Å². The lowest BCUT2D eigenvalue weighted by Crippen LogP contribution is -2.52. The number of ether oxygens (including phenoxy) is 2. The number of fused-ring (bicyclic) bond motifs is 3. The van der Waals surface area contributed by atoms with Crippen molar-refractivity contribution in [3.05, 3.63) is 57.6 Å². The number of carbonyl (C=O) groups is 3. The number of phenolic OH excluding ortho intramolecular Hbond substituents is 2. The Hall–Kier alpha value is -3.15. The number of ketones is 3. The van der Waals surface area contributed by atoms with Crippen LogP contribution in [0.5, 0.6) is 11.5 Å². The number of aliphatic hydroxyl groups is 2. The molecule has 2 aromatic rings. The zero-order valence-corrected chi connectivity index (χ0v) is 19.7. The zero-order valence-electron chi connectivity index (χ0n) is 19.7. The molecular formula is C26H27NO9. The third-order valence-electron chi connectivity index (χ3n) is 7.50. The van der Waals surface area contributed by atoms with Crippen molar-refractivity contribution in [1.82, 2.24) is 0 Å². The van der Waals surface area contributed by atoms with Crippen molar-refractivity contribution in [1.29, 1.82) is 0 Å². The molecule has 10 nitrogen and oxygen atoms in total. The number of aliphatic hydroxyl groups excluding tert-OH is 1. The van der Waals surface area contributed by atoms with Crippen LogP contribution in [0.2, 0.25) is 0 Å². The highest BCUT2D eigenvalue weighted by Crippen LogP contribution is 2.51. The summed E-state index contributed by atoms with van der Waals surface area (Å²) in [6, 6.07) is 5.40. The van der Waals surface area contributed by atoms with E-state index in [-0.39, 0.29) is 46.2 Å². The number of benzene rings is 2. The number of hydrogen-bond acceptors (Lipinski definition) is 10. The van der Waals surface area contributed by atoms with E-state index in [0.29, 0.717) is 0 Å². The average molecular weight is 498 g/mol. The smallest absolute Gasteiger partial charge is 0.198 e. The summed E-state index contributed by atoms with van der Waals surface area (Å²) in [4.78, 5) is 39.0. The van der Waals surface area contributed by atoms with Gasteiger partial charge in [0, 0.05) is 47.6 Å². The number of hydrogen-bond donors (Lipinski definition) is 5. The Morgan fingerprint density at radius 1 is 1.11 bits per heavy atom. The second-order valence-corrected chi connectivity index (χ2v) is 9.80. The molecular weight excluding hydrogens is 470 g/mol. The monoisotopic (exact) mass is 497 g/mol. The number of aromatic hydroxyl groups is 2. The van der Waals surface area contributed by atoms with Crippen LogP contribution < -0.4 is 5.73 Å². The van der Waals surface area contributed by atoms with Gasteiger partial charge >= 0.3 is 0 Å². The third-order valence-corrected chi connectivity index (χ3v) is 7.50. The largest absolute Gasteiger partial charge is 0.507 e. The molecule has 2 aromatic carbocycles. The lowest BCUT2D eigenvalue weighted by atomic mass is 9.72.